The van der Waals surface area contributed by atoms with Crippen molar-refractivity contribution in [2.45, 2.75) is 32.1 Å². The maximum absolute atomic E-state index is 11.3. The van der Waals surface area contributed by atoms with Gasteiger partial charge in [-0.25, -0.2) is 0 Å². The van der Waals surface area contributed by atoms with Crippen LogP contribution in [0.25, 0.3) is 0 Å². The zero-order chi connectivity index (χ0) is 14.5. The summed E-state index contributed by atoms with van der Waals surface area (Å²) in [6, 6.07) is 6.48. The highest BCUT2D eigenvalue weighted by Crippen LogP contribution is 2.24. The normalized spacial score (nSPS) is 19.1. The molecule has 0 aromatic heterocycles. The first-order valence-electron chi connectivity index (χ1n) is 8.03. The molecule has 0 aliphatic carbocycles. The minimum atomic E-state index is 0.140. The van der Waals surface area contributed by atoms with Crippen molar-refractivity contribution in [1.29, 1.82) is 0 Å². The number of carbonyl (C=O) groups excluding carboxylic acids is 1. The van der Waals surface area contributed by atoms with Gasteiger partial charge in [-0.2, -0.15) is 0 Å². The van der Waals surface area contributed by atoms with Crippen LogP contribution in [0.15, 0.2) is 18.2 Å². The smallest absolute Gasteiger partial charge is 0.224 e. The number of hydrogen-bond donors (Lipinski definition) is 1. The fourth-order valence-electron chi connectivity index (χ4n) is 3.08. The summed E-state index contributed by atoms with van der Waals surface area (Å²) in [6.45, 7) is 5.12. The topological polar surface area (TPSA) is 41.6 Å². The second-order valence-corrected chi connectivity index (χ2v) is 5.95. The van der Waals surface area contributed by atoms with Crippen molar-refractivity contribution in [3.05, 3.63) is 29.3 Å². The molecule has 4 nitrogen and oxygen atoms in total. The number of nitrogens with zero attached hydrogens (tertiary/aromatic N) is 1. The average Bonchev–Trinajstić information content (AvgIpc) is 2.52. The number of morpholine rings is 1. The summed E-state index contributed by atoms with van der Waals surface area (Å²) in [4.78, 5) is 13.8. The van der Waals surface area contributed by atoms with Gasteiger partial charge in [0.05, 0.1) is 13.2 Å². The van der Waals surface area contributed by atoms with Crippen LogP contribution in [0.5, 0.6) is 0 Å². The molecule has 2 heterocycles. The van der Waals surface area contributed by atoms with Crippen LogP contribution < -0.4 is 5.32 Å². The number of ether oxygens (including phenoxy) is 1. The van der Waals surface area contributed by atoms with Gasteiger partial charge in [-0.3, -0.25) is 9.69 Å². The minimum Gasteiger partial charge on any atom is -0.379 e. The number of rotatable bonds is 5. The van der Waals surface area contributed by atoms with Gasteiger partial charge in [0.1, 0.15) is 0 Å². The molecule has 0 bridgehead atoms. The molecule has 0 radical (unpaired) electrons. The largest absolute Gasteiger partial charge is 0.379 e. The zero-order valence-corrected chi connectivity index (χ0v) is 12.6. The van der Waals surface area contributed by atoms with Crippen LogP contribution in [0.3, 0.4) is 0 Å². The molecule has 21 heavy (non-hydrogen) atoms. The summed E-state index contributed by atoms with van der Waals surface area (Å²) in [7, 11) is 0. The van der Waals surface area contributed by atoms with Crippen molar-refractivity contribution in [2.75, 3.05) is 38.2 Å². The number of carbonyl (C=O) groups is 1. The molecule has 1 amide bonds. The van der Waals surface area contributed by atoms with E-state index in [1.54, 1.807) is 0 Å². The van der Waals surface area contributed by atoms with E-state index in [0.29, 0.717) is 6.42 Å². The van der Waals surface area contributed by atoms with Crippen molar-refractivity contribution in [3.63, 3.8) is 0 Å². The summed E-state index contributed by atoms with van der Waals surface area (Å²) < 4.78 is 5.36. The van der Waals surface area contributed by atoms with E-state index in [4.69, 9.17) is 4.74 Å². The molecule has 4 heteroatoms. The van der Waals surface area contributed by atoms with Crippen molar-refractivity contribution < 1.29 is 9.53 Å². The summed E-state index contributed by atoms with van der Waals surface area (Å²) in [6.07, 6.45) is 5.10. The molecule has 0 saturated carbocycles. The van der Waals surface area contributed by atoms with Gasteiger partial charge in [0.2, 0.25) is 5.91 Å². The number of amides is 1. The van der Waals surface area contributed by atoms with Crippen molar-refractivity contribution in [2.24, 2.45) is 0 Å². The number of anilines is 1. The van der Waals surface area contributed by atoms with Gasteiger partial charge in [0.15, 0.2) is 0 Å². The molecule has 0 atom stereocenters. The molecule has 0 unspecified atom stereocenters. The third-order valence-electron chi connectivity index (χ3n) is 4.36. The molecule has 2 aliphatic heterocycles. The van der Waals surface area contributed by atoms with E-state index >= 15 is 0 Å². The maximum atomic E-state index is 11.3. The molecule has 1 N–H and O–H groups in total. The molecule has 2 aliphatic rings. The SMILES string of the molecule is O=C1CCc2cc(CCCCN3CCOCC3)ccc2N1. The number of fused-ring (bicyclic) bond motifs is 1. The summed E-state index contributed by atoms with van der Waals surface area (Å²) in [5.74, 6) is 0.140. The van der Waals surface area contributed by atoms with Gasteiger partial charge < -0.3 is 10.1 Å². The predicted octanol–water partition coefficient (Wildman–Crippen LogP) is 2.23. The fraction of sp³-hybridized carbons (Fsp3) is 0.588. The van der Waals surface area contributed by atoms with E-state index in [-0.39, 0.29) is 5.91 Å². The van der Waals surface area contributed by atoms with Crippen LogP contribution in [0, 0.1) is 0 Å². The average molecular weight is 288 g/mol. The number of hydrogen-bond acceptors (Lipinski definition) is 3. The number of unbranched alkanes of at least 4 members (excludes halogenated alkanes) is 1. The maximum Gasteiger partial charge on any atom is 0.224 e. The molecular formula is C17H24N2O2. The first kappa shape index (κ1) is 14.5. The van der Waals surface area contributed by atoms with E-state index in [9.17, 15) is 4.79 Å². The van der Waals surface area contributed by atoms with E-state index in [1.165, 1.54) is 30.5 Å². The highest BCUT2D eigenvalue weighted by molar-refractivity contribution is 5.93. The van der Waals surface area contributed by atoms with Gasteiger partial charge in [-0.1, -0.05) is 12.1 Å². The Hall–Kier alpha value is -1.39. The second kappa shape index (κ2) is 7.05. The first-order chi connectivity index (χ1) is 10.3. The van der Waals surface area contributed by atoms with Crippen LogP contribution in [-0.4, -0.2) is 43.7 Å². The zero-order valence-electron chi connectivity index (χ0n) is 12.6. The molecule has 1 fully saturated rings. The Labute approximate surface area is 126 Å². The van der Waals surface area contributed by atoms with Crippen LogP contribution in [-0.2, 0) is 22.4 Å². The quantitative estimate of drug-likeness (QED) is 0.845. The van der Waals surface area contributed by atoms with Crippen LogP contribution in [0.1, 0.15) is 30.4 Å². The summed E-state index contributed by atoms with van der Waals surface area (Å²) in [5, 5.41) is 2.94. The predicted molar refractivity (Wildman–Crippen MR) is 83.6 cm³/mol. The molecular weight excluding hydrogens is 264 g/mol. The summed E-state index contributed by atoms with van der Waals surface area (Å²) in [5.41, 5.74) is 3.69. The Morgan fingerprint density at radius 1 is 1.14 bits per heavy atom. The van der Waals surface area contributed by atoms with Crippen LogP contribution >= 0.6 is 0 Å². The van der Waals surface area contributed by atoms with Gasteiger partial charge >= 0.3 is 0 Å². The van der Waals surface area contributed by atoms with Crippen molar-refractivity contribution in [1.82, 2.24) is 4.90 Å². The van der Waals surface area contributed by atoms with Crippen LogP contribution in [0.4, 0.5) is 5.69 Å². The Bertz CT molecular complexity index is 496. The number of benzene rings is 1. The first-order valence-corrected chi connectivity index (χ1v) is 8.03. The monoisotopic (exact) mass is 288 g/mol. The van der Waals surface area contributed by atoms with E-state index < -0.39 is 0 Å². The standard InChI is InChI=1S/C17H24N2O2/c20-17-7-5-15-13-14(4-6-16(15)18-17)3-1-2-8-19-9-11-21-12-10-19/h4,6,13H,1-3,5,7-12H2,(H,18,20). The Morgan fingerprint density at radius 3 is 2.86 bits per heavy atom. The lowest BCUT2D eigenvalue weighted by molar-refractivity contribution is -0.116. The van der Waals surface area contributed by atoms with E-state index in [0.717, 1.165) is 44.8 Å². The molecule has 1 aromatic carbocycles. The highest BCUT2D eigenvalue weighted by Gasteiger charge is 2.14. The fourth-order valence-corrected chi connectivity index (χ4v) is 3.08. The number of aryl methyl sites for hydroxylation is 2. The van der Waals surface area contributed by atoms with E-state index in [1.807, 2.05) is 0 Å². The van der Waals surface area contributed by atoms with Crippen molar-refractivity contribution >= 4 is 11.6 Å². The number of nitrogens with one attached hydrogen (secondary N) is 1. The third-order valence-corrected chi connectivity index (χ3v) is 4.36. The molecule has 0 spiro atoms. The Kier molecular flexibility index (Phi) is 4.88. The lowest BCUT2D eigenvalue weighted by Gasteiger charge is -2.26. The van der Waals surface area contributed by atoms with Gasteiger partial charge in [-0.15, -0.1) is 0 Å². The van der Waals surface area contributed by atoms with E-state index in [2.05, 4.69) is 28.4 Å². The third kappa shape index (κ3) is 4.05. The lowest BCUT2D eigenvalue weighted by Crippen LogP contribution is -2.36. The summed E-state index contributed by atoms with van der Waals surface area (Å²) >= 11 is 0. The van der Waals surface area contributed by atoms with Gasteiger partial charge in [-0.05, 0) is 49.4 Å². The lowest BCUT2D eigenvalue weighted by atomic mass is 9.98. The minimum absolute atomic E-state index is 0.140. The molecule has 1 saturated heterocycles. The molecule has 1 aromatic rings. The van der Waals surface area contributed by atoms with Gasteiger partial charge in [0, 0.05) is 25.2 Å². The van der Waals surface area contributed by atoms with Crippen LogP contribution in [0.2, 0.25) is 0 Å². The highest BCUT2D eigenvalue weighted by atomic mass is 16.5. The molecule has 114 valence electrons. The molecule has 3 rings (SSSR count). The Morgan fingerprint density at radius 2 is 2.00 bits per heavy atom. The van der Waals surface area contributed by atoms with Crippen molar-refractivity contribution in [3.8, 4) is 0 Å². The Balaban J connectivity index is 1.44. The van der Waals surface area contributed by atoms with Gasteiger partial charge in [0.25, 0.3) is 0 Å². The second-order valence-electron chi connectivity index (χ2n) is 5.95.